The van der Waals surface area contributed by atoms with E-state index in [1.54, 1.807) is 18.5 Å². The van der Waals surface area contributed by atoms with Crippen LogP contribution in [0.1, 0.15) is 17.3 Å². The van der Waals surface area contributed by atoms with Crippen LogP contribution in [0.25, 0.3) is 11.4 Å². The number of nitrogens with one attached hydrogen (secondary N) is 1. The van der Waals surface area contributed by atoms with E-state index >= 15 is 0 Å². The smallest absolute Gasteiger partial charge is 0.255 e. The first-order valence-electron chi connectivity index (χ1n) is 7.22. The number of carbonyl (C=O) groups is 1. The molecule has 0 spiro atoms. The third-order valence-electron chi connectivity index (χ3n) is 3.42. The molecule has 0 radical (unpaired) electrons. The van der Waals surface area contributed by atoms with E-state index in [0.29, 0.717) is 5.56 Å². The Morgan fingerprint density at radius 1 is 1.22 bits per heavy atom. The van der Waals surface area contributed by atoms with Crippen molar-refractivity contribution in [2.24, 2.45) is 0 Å². The van der Waals surface area contributed by atoms with E-state index in [0.717, 1.165) is 28.1 Å². The van der Waals surface area contributed by atoms with Gasteiger partial charge in [-0.05, 0) is 37.3 Å². The van der Waals surface area contributed by atoms with Crippen molar-refractivity contribution >= 4 is 27.5 Å². The number of hydrogen-bond acceptors (Lipinski definition) is 3. The first kappa shape index (κ1) is 15.4. The average Bonchev–Trinajstić information content (AvgIpc) is 3.04. The molecule has 1 heterocycles. The number of rotatable bonds is 4. The fraction of sp³-hybridized carbons (Fsp3) is 0.118. The Labute approximate surface area is 142 Å². The number of aryl methyl sites for hydroxylation is 1. The molecule has 6 heteroatoms. The summed E-state index contributed by atoms with van der Waals surface area (Å²) in [6.45, 7) is 2.82. The van der Waals surface area contributed by atoms with E-state index in [1.807, 2.05) is 47.9 Å². The Hall–Kier alpha value is -2.47. The van der Waals surface area contributed by atoms with Gasteiger partial charge in [0.25, 0.3) is 5.91 Å². The van der Waals surface area contributed by atoms with Crippen LogP contribution < -0.4 is 5.32 Å². The minimum absolute atomic E-state index is 0.152. The number of nitrogens with zero attached hydrogens (tertiary/aromatic N) is 3. The number of amides is 1. The maximum atomic E-state index is 12.3. The van der Waals surface area contributed by atoms with Gasteiger partial charge in [-0.25, -0.2) is 0 Å². The van der Waals surface area contributed by atoms with Gasteiger partial charge in [-0.3, -0.25) is 4.79 Å². The fourth-order valence-corrected chi connectivity index (χ4v) is 2.68. The molecule has 1 N–H and O–H groups in total. The van der Waals surface area contributed by atoms with Gasteiger partial charge >= 0.3 is 0 Å². The van der Waals surface area contributed by atoms with Crippen LogP contribution in [0.5, 0.6) is 0 Å². The third-order valence-corrected chi connectivity index (χ3v) is 3.91. The summed E-state index contributed by atoms with van der Waals surface area (Å²) in [5, 5.41) is 11.0. The van der Waals surface area contributed by atoms with Crippen LogP contribution in [0.3, 0.4) is 0 Å². The molecule has 0 aliphatic carbocycles. The van der Waals surface area contributed by atoms with Crippen molar-refractivity contribution in [2.75, 3.05) is 5.32 Å². The van der Waals surface area contributed by atoms with Gasteiger partial charge in [0, 0.05) is 27.8 Å². The minimum Gasteiger partial charge on any atom is -0.322 e. The van der Waals surface area contributed by atoms with Gasteiger partial charge in [0.2, 0.25) is 0 Å². The second kappa shape index (κ2) is 6.75. The van der Waals surface area contributed by atoms with Crippen molar-refractivity contribution in [2.45, 2.75) is 13.5 Å². The lowest BCUT2D eigenvalue weighted by molar-refractivity contribution is 0.102. The maximum Gasteiger partial charge on any atom is 0.255 e. The van der Waals surface area contributed by atoms with Crippen LogP contribution >= 0.6 is 15.9 Å². The molecule has 0 aliphatic rings. The Kier molecular flexibility index (Phi) is 4.52. The number of halogens is 1. The van der Waals surface area contributed by atoms with Crippen LogP contribution in [0.4, 0.5) is 5.69 Å². The van der Waals surface area contributed by atoms with Gasteiger partial charge in [0.05, 0.1) is 0 Å². The Bertz CT molecular complexity index is 844. The van der Waals surface area contributed by atoms with Crippen molar-refractivity contribution in [1.29, 1.82) is 0 Å². The number of anilines is 1. The van der Waals surface area contributed by atoms with E-state index in [9.17, 15) is 4.79 Å². The molecule has 116 valence electrons. The van der Waals surface area contributed by atoms with Crippen LogP contribution in [0, 0.1) is 0 Å². The largest absolute Gasteiger partial charge is 0.322 e. The summed E-state index contributed by atoms with van der Waals surface area (Å²) in [6.07, 6.45) is 1.70. The predicted octanol–water partition coefficient (Wildman–Crippen LogP) is 3.98. The fourth-order valence-electron chi connectivity index (χ4n) is 2.28. The molecule has 1 amide bonds. The van der Waals surface area contributed by atoms with E-state index in [-0.39, 0.29) is 5.91 Å². The lowest BCUT2D eigenvalue weighted by atomic mass is 10.1. The summed E-state index contributed by atoms with van der Waals surface area (Å²) < 4.78 is 2.82. The van der Waals surface area contributed by atoms with Gasteiger partial charge in [-0.2, -0.15) is 0 Å². The van der Waals surface area contributed by atoms with Gasteiger partial charge in [0.1, 0.15) is 6.33 Å². The number of aromatic nitrogens is 3. The molecule has 2 aromatic carbocycles. The van der Waals surface area contributed by atoms with Crippen molar-refractivity contribution in [1.82, 2.24) is 14.8 Å². The number of benzene rings is 2. The third kappa shape index (κ3) is 3.48. The molecule has 3 rings (SSSR count). The zero-order chi connectivity index (χ0) is 16.2. The zero-order valence-electron chi connectivity index (χ0n) is 12.5. The summed E-state index contributed by atoms with van der Waals surface area (Å²) in [4.78, 5) is 12.3. The molecule has 1 aromatic heterocycles. The number of hydrogen-bond donors (Lipinski definition) is 1. The highest BCUT2D eigenvalue weighted by atomic mass is 79.9. The topological polar surface area (TPSA) is 59.8 Å². The summed E-state index contributed by atoms with van der Waals surface area (Å²) in [5.41, 5.74) is 2.23. The van der Waals surface area contributed by atoms with E-state index in [2.05, 4.69) is 31.4 Å². The van der Waals surface area contributed by atoms with Gasteiger partial charge < -0.3 is 9.88 Å². The van der Waals surface area contributed by atoms with E-state index in [1.165, 1.54) is 0 Å². The molecule has 3 aromatic rings. The normalized spacial score (nSPS) is 10.5. The molecule has 0 saturated heterocycles. The van der Waals surface area contributed by atoms with E-state index < -0.39 is 0 Å². The molecule has 0 aliphatic heterocycles. The molecule has 5 nitrogen and oxygen atoms in total. The highest BCUT2D eigenvalue weighted by Gasteiger charge is 2.09. The van der Waals surface area contributed by atoms with Gasteiger partial charge in [-0.15, -0.1) is 10.2 Å². The van der Waals surface area contributed by atoms with Crippen LogP contribution in [-0.4, -0.2) is 20.7 Å². The molecule has 0 bridgehead atoms. The summed E-state index contributed by atoms with van der Waals surface area (Å²) >= 11 is 3.37. The monoisotopic (exact) mass is 370 g/mol. The average molecular weight is 371 g/mol. The van der Waals surface area contributed by atoms with Crippen LogP contribution in [0.15, 0.2) is 59.3 Å². The Morgan fingerprint density at radius 3 is 2.83 bits per heavy atom. The summed E-state index contributed by atoms with van der Waals surface area (Å²) in [6, 6.07) is 14.9. The van der Waals surface area contributed by atoms with Crippen LogP contribution in [-0.2, 0) is 6.54 Å². The summed E-state index contributed by atoms with van der Waals surface area (Å²) in [5.74, 6) is 0.631. The molecule has 23 heavy (non-hydrogen) atoms. The second-order valence-electron chi connectivity index (χ2n) is 4.99. The van der Waals surface area contributed by atoms with Crippen LogP contribution in [0.2, 0.25) is 0 Å². The number of carbonyl (C=O) groups excluding carboxylic acids is 1. The standard InChI is InChI=1S/C17H15BrN4O/c1-2-22-11-19-21-16(22)12-5-4-8-15(10-12)20-17(23)13-6-3-7-14(18)9-13/h3-11H,2H2,1H3,(H,20,23). The van der Waals surface area contributed by atoms with Gasteiger partial charge in [0.15, 0.2) is 5.82 Å². The second-order valence-corrected chi connectivity index (χ2v) is 5.90. The zero-order valence-corrected chi connectivity index (χ0v) is 14.1. The SMILES string of the molecule is CCn1cnnc1-c1cccc(NC(=O)c2cccc(Br)c2)c1. The first-order valence-corrected chi connectivity index (χ1v) is 8.02. The maximum absolute atomic E-state index is 12.3. The first-order chi connectivity index (χ1) is 11.2. The van der Waals surface area contributed by atoms with Crippen molar-refractivity contribution < 1.29 is 4.79 Å². The molecular weight excluding hydrogens is 356 g/mol. The summed E-state index contributed by atoms with van der Waals surface area (Å²) in [7, 11) is 0. The highest BCUT2D eigenvalue weighted by molar-refractivity contribution is 9.10. The highest BCUT2D eigenvalue weighted by Crippen LogP contribution is 2.21. The lowest BCUT2D eigenvalue weighted by Crippen LogP contribution is -2.11. The van der Waals surface area contributed by atoms with Gasteiger partial charge in [-0.1, -0.05) is 34.1 Å². The molecule has 0 fully saturated rings. The lowest BCUT2D eigenvalue weighted by Gasteiger charge is -2.08. The molecule has 0 atom stereocenters. The Morgan fingerprint density at radius 2 is 2.04 bits per heavy atom. The van der Waals surface area contributed by atoms with Crippen molar-refractivity contribution in [3.05, 3.63) is 64.9 Å². The van der Waals surface area contributed by atoms with E-state index in [4.69, 9.17) is 0 Å². The molecular formula is C17H15BrN4O. The molecule has 0 saturated carbocycles. The van der Waals surface area contributed by atoms with Crippen molar-refractivity contribution in [3.63, 3.8) is 0 Å². The Balaban J connectivity index is 1.84. The van der Waals surface area contributed by atoms with Crippen molar-refractivity contribution in [3.8, 4) is 11.4 Å². The predicted molar refractivity (Wildman–Crippen MR) is 93.2 cm³/mol. The molecule has 0 unspecified atom stereocenters. The quantitative estimate of drug-likeness (QED) is 0.755. The minimum atomic E-state index is -0.152.